The lowest BCUT2D eigenvalue weighted by Crippen LogP contribution is -2.13. The molecule has 106 valence electrons. The monoisotopic (exact) mass is 260 g/mol. The van der Waals surface area contributed by atoms with Crippen LogP contribution in [0.4, 0.5) is 0 Å². The Balaban J connectivity index is 3.34. The number of rotatable bonds is 11. The number of esters is 2. The van der Waals surface area contributed by atoms with Crippen molar-refractivity contribution in [2.75, 3.05) is 26.4 Å². The smallest absolute Gasteiger partial charge is 0.306 e. The molecule has 0 saturated carbocycles. The Morgan fingerprint density at radius 1 is 0.778 bits per heavy atom. The minimum absolute atomic E-state index is 0.0670. The largest absolute Gasteiger partial charge is 0.466 e. The van der Waals surface area contributed by atoms with Gasteiger partial charge in [0, 0.05) is 6.61 Å². The highest BCUT2D eigenvalue weighted by Crippen LogP contribution is 1.97. The maximum atomic E-state index is 11.2. The third-order valence-electron chi connectivity index (χ3n) is 2.13. The van der Waals surface area contributed by atoms with Gasteiger partial charge in [-0.3, -0.25) is 9.59 Å². The third kappa shape index (κ3) is 11.4. The molecule has 0 fully saturated rings. The topological polar surface area (TPSA) is 61.8 Å². The van der Waals surface area contributed by atoms with Crippen LogP contribution >= 0.6 is 0 Å². The SMILES string of the molecule is CCCCOCCOC(=O)CCC(=O)OCCC. The van der Waals surface area contributed by atoms with E-state index in [1.807, 2.05) is 6.92 Å². The molecule has 18 heavy (non-hydrogen) atoms. The van der Waals surface area contributed by atoms with E-state index in [4.69, 9.17) is 14.2 Å². The summed E-state index contributed by atoms with van der Waals surface area (Å²) in [4.78, 5) is 22.3. The molecule has 0 amide bonds. The first-order valence-corrected chi connectivity index (χ1v) is 6.59. The zero-order valence-electron chi connectivity index (χ0n) is 11.4. The van der Waals surface area contributed by atoms with Crippen molar-refractivity contribution in [2.24, 2.45) is 0 Å². The molecule has 0 radical (unpaired) electrons. The fourth-order valence-corrected chi connectivity index (χ4v) is 1.13. The van der Waals surface area contributed by atoms with Crippen molar-refractivity contribution in [1.29, 1.82) is 0 Å². The van der Waals surface area contributed by atoms with Crippen LogP contribution in [-0.2, 0) is 23.8 Å². The fourth-order valence-electron chi connectivity index (χ4n) is 1.13. The van der Waals surface area contributed by atoms with Crippen molar-refractivity contribution in [3.8, 4) is 0 Å². The lowest BCUT2D eigenvalue weighted by atomic mass is 10.3. The number of hydrogen-bond acceptors (Lipinski definition) is 5. The molecule has 0 spiro atoms. The van der Waals surface area contributed by atoms with Gasteiger partial charge in [-0.2, -0.15) is 0 Å². The normalized spacial score (nSPS) is 10.1. The lowest BCUT2D eigenvalue weighted by Gasteiger charge is -2.06. The Labute approximate surface area is 109 Å². The molecule has 0 saturated heterocycles. The van der Waals surface area contributed by atoms with Crippen LogP contribution in [0.3, 0.4) is 0 Å². The highest BCUT2D eigenvalue weighted by molar-refractivity contribution is 5.77. The van der Waals surface area contributed by atoms with Crippen LogP contribution in [0.1, 0.15) is 46.0 Å². The van der Waals surface area contributed by atoms with E-state index in [1.54, 1.807) is 0 Å². The van der Waals surface area contributed by atoms with E-state index in [0.717, 1.165) is 19.3 Å². The Bertz CT molecular complexity index is 227. The summed E-state index contributed by atoms with van der Waals surface area (Å²) in [6.45, 7) is 5.75. The van der Waals surface area contributed by atoms with Gasteiger partial charge >= 0.3 is 11.9 Å². The van der Waals surface area contributed by atoms with Gasteiger partial charge in [0.15, 0.2) is 0 Å². The van der Waals surface area contributed by atoms with E-state index in [2.05, 4.69) is 6.92 Å². The van der Waals surface area contributed by atoms with E-state index < -0.39 is 0 Å². The predicted molar refractivity (Wildman–Crippen MR) is 67.2 cm³/mol. The van der Waals surface area contributed by atoms with Crippen molar-refractivity contribution in [2.45, 2.75) is 46.0 Å². The second-order valence-corrected chi connectivity index (χ2v) is 3.91. The van der Waals surface area contributed by atoms with Crippen LogP contribution in [0.25, 0.3) is 0 Å². The van der Waals surface area contributed by atoms with E-state index in [0.29, 0.717) is 19.8 Å². The van der Waals surface area contributed by atoms with Crippen molar-refractivity contribution in [3.63, 3.8) is 0 Å². The molecule has 0 unspecified atom stereocenters. The maximum absolute atomic E-state index is 11.2. The third-order valence-corrected chi connectivity index (χ3v) is 2.13. The standard InChI is InChI=1S/C13H24O5/c1-3-5-9-16-10-11-18-13(15)7-6-12(14)17-8-4-2/h3-11H2,1-2H3. The van der Waals surface area contributed by atoms with Crippen molar-refractivity contribution >= 4 is 11.9 Å². The quantitative estimate of drug-likeness (QED) is 0.420. The molecule has 0 bridgehead atoms. The Hall–Kier alpha value is -1.10. The Morgan fingerprint density at radius 3 is 1.94 bits per heavy atom. The molecule has 0 atom stereocenters. The molecule has 5 heteroatoms. The van der Waals surface area contributed by atoms with Crippen LogP contribution in [-0.4, -0.2) is 38.4 Å². The molecule has 0 rings (SSSR count). The van der Waals surface area contributed by atoms with Crippen molar-refractivity contribution in [3.05, 3.63) is 0 Å². The first-order valence-electron chi connectivity index (χ1n) is 6.59. The summed E-state index contributed by atoms with van der Waals surface area (Å²) in [5.74, 6) is -0.740. The number of ether oxygens (including phenoxy) is 3. The number of carbonyl (C=O) groups is 2. The van der Waals surface area contributed by atoms with Crippen molar-refractivity contribution < 1.29 is 23.8 Å². The summed E-state index contributed by atoms with van der Waals surface area (Å²) in [6, 6.07) is 0. The van der Waals surface area contributed by atoms with Gasteiger partial charge < -0.3 is 14.2 Å². The molecule has 5 nitrogen and oxygen atoms in total. The van der Waals surface area contributed by atoms with E-state index in [9.17, 15) is 9.59 Å². The fraction of sp³-hybridized carbons (Fsp3) is 0.846. The molecule has 0 heterocycles. The van der Waals surface area contributed by atoms with E-state index in [-0.39, 0.29) is 31.4 Å². The first-order chi connectivity index (χ1) is 8.70. The van der Waals surface area contributed by atoms with Crippen LogP contribution in [0.2, 0.25) is 0 Å². The number of hydrogen-bond donors (Lipinski definition) is 0. The van der Waals surface area contributed by atoms with Gasteiger partial charge in [-0.15, -0.1) is 0 Å². The zero-order valence-corrected chi connectivity index (χ0v) is 11.4. The first kappa shape index (κ1) is 16.9. The van der Waals surface area contributed by atoms with Crippen LogP contribution in [0, 0.1) is 0 Å². The summed E-state index contributed by atoms with van der Waals surface area (Å²) in [6.07, 6.45) is 3.02. The average Bonchev–Trinajstić information content (AvgIpc) is 2.38. The van der Waals surface area contributed by atoms with Crippen LogP contribution in [0.5, 0.6) is 0 Å². The minimum atomic E-state index is -0.387. The number of unbranched alkanes of at least 4 members (excludes halogenated alkanes) is 1. The van der Waals surface area contributed by atoms with E-state index in [1.165, 1.54) is 0 Å². The van der Waals surface area contributed by atoms with Crippen LogP contribution in [0.15, 0.2) is 0 Å². The molecular formula is C13H24O5. The Morgan fingerprint density at radius 2 is 1.39 bits per heavy atom. The molecular weight excluding hydrogens is 236 g/mol. The minimum Gasteiger partial charge on any atom is -0.466 e. The van der Waals surface area contributed by atoms with Gasteiger partial charge in [0.25, 0.3) is 0 Å². The maximum Gasteiger partial charge on any atom is 0.306 e. The summed E-state index contributed by atoms with van der Waals surface area (Å²) < 4.78 is 15.0. The van der Waals surface area contributed by atoms with Gasteiger partial charge in [0.05, 0.1) is 26.1 Å². The van der Waals surface area contributed by atoms with Gasteiger partial charge in [0.1, 0.15) is 6.61 Å². The molecule has 0 aromatic heterocycles. The molecule has 0 aliphatic heterocycles. The molecule has 0 aromatic rings. The highest BCUT2D eigenvalue weighted by Gasteiger charge is 2.08. The summed E-state index contributed by atoms with van der Waals surface area (Å²) in [5.41, 5.74) is 0. The molecule has 0 aliphatic carbocycles. The van der Waals surface area contributed by atoms with Gasteiger partial charge in [-0.05, 0) is 12.8 Å². The molecule has 0 aromatic carbocycles. The summed E-state index contributed by atoms with van der Waals surface area (Å²) >= 11 is 0. The highest BCUT2D eigenvalue weighted by atomic mass is 16.6. The van der Waals surface area contributed by atoms with Gasteiger partial charge in [-0.1, -0.05) is 20.3 Å². The lowest BCUT2D eigenvalue weighted by molar-refractivity contribution is -0.151. The second kappa shape index (κ2) is 12.4. The van der Waals surface area contributed by atoms with Crippen LogP contribution < -0.4 is 0 Å². The van der Waals surface area contributed by atoms with Gasteiger partial charge in [0.2, 0.25) is 0 Å². The van der Waals surface area contributed by atoms with E-state index >= 15 is 0 Å². The van der Waals surface area contributed by atoms with Crippen molar-refractivity contribution in [1.82, 2.24) is 0 Å². The zero-order chi connectivity index (χ0) is 13.6. The average molecular weight is 260 g/mol. The molecule has 0 N–H and O–H groups in total. The molecule has 0 aliphatic rings. The summed E-state index contributed by atoms with van der Waals surface area (Å²) in [5, 5.41) is 0. The second-order valence-electron chi connectivity index (χ2n) is 3.91. The Kier molecular flexibility index (Phi) is 11.6. The number of carbonyl (C=O) groups excluding carboxylic acids is 2. The summed E-state index contributed by atoms with van der Waals surface area (Å²) in [7, 11) is 0. The predicted octanol–water partition coefficient (Wildman–Crippen LogP) is 2.08. The van der Waals surface area contributed by atoms with Gasteiger partial charge in [-0.25, -0.2) is 0 Å².